The zero-order chi connectivity index (χ0) is 14.6. The molecule has 1 aliphatic carbocycles. The molecule has 0 unspecified atom stereocenters. The van der Waals surface area contributed by atoms with E-state index in [0.717, 1.165) is 12.8 Å². The van der Waals surface area contributed by atoms with Crippen LogP contribution in [0.4, 0.5) is 4.39 Å². The van der Waals surface area contributed by atoms with Gasteiger partial charge in [-0.1, -0.05) is 25.3 Å². The maximum Gasteiger partial charge on any atom is 0.131 e. The molecule has 20 heavy (non-hydrogen) atoms. The van der Waals surface area contributed by atoms with Crippen LogP contribution in [0.3, 0.4) is 0 Å². The van der Waals surface area contributed by atoms with Crippen LogP contribution in [0.5, 0.6) is 5.75 Å². The molecular formula is C16H25FN2O. The van der Waals surface area contributed by atoms with Gasteiger partial charge in [0.15, 0.2) is 0 Å². The lowest BCUT2D eigenvalue weighted by Gasteiger charge is -2.44. The van der Waals surface area contributed by atoms with Crippen molar-refractivity contribution >= 4 is 0 Å². The first-order valence-corrected chi connectivity index (χ1v) is 7.35. The summed E-state index contributed by atoms with van der Waals surface area (Å²) in [5.74, 6) is 0.347. The number of hydrogen-bond donors (Lipinski definition) is 1. The summed E-state index contributed by atoms with van der Waals surface area (Å²) >= 11 is 0. The van der Waals surface area contributed by atoms with Crippen molar-refractivity contribution in [3.8, 4) is 5.75 Å². The minimum absolute atomic E-state index is 0.0324. The molecule has 3 nitrogen and oxygen atoms in total. The summed E-state index contributed by atoms with van der Waals surface area (Å²) in [5, 5.41) is 0. The van der Waals surface area contributed by atoms with Crippen LogP contribution in [-0.4, -0.2) is 31.1 Å². The molecule has 1 saturated carbocycles. The standard InChI is InChI=1S/C16H25FN2O/c1-19(16(12-18)8-4-3-5-9-16)11-13-6-7-14(20-2)10-15(13)17/h6-7,10H,3-5,8-9,11-12,18H2,1-2H3. The van der Waals surface area contributed by atoms with Gasteiger partial charge in [0, 0.05) is 30.3 Å². The van der Waals surface area contributed by atoms with Crippen LogP contribution in [0.25, 0.3) is 0 Å². The van der Waals surface area contributed by atoms with Gasteiger partial charge >= 0.3 is 0 Å². The Morgan fingerprint density at radius 1 is 1.30 bits per heavy atom. The van der Waals surface area contributed by atoms with Crippen molar-refractivity contribution in [3.05, 3.63) is 29.6 Å². The zero-order valence-corrected chi connectivity index (χ0v) is 12.5. The SMILES string of the molecule is COc1ccc(CN(C)C2(CN)CCCCC2)c(F)c1. The first-order chi connectivity index (χ1) is 9.61. The maximum atomic E-state index is 14.1. The number of rotatable bonds is 5. The van der Waals surface area contributed by atoms with Gasteiger partial charge in [-0.2, -0.15) is 0 Å². The summed E-state index contributed by atoms with van der Waals surface area (Å²) in [6.45, 7) is 1.23. The highest BCUT2D eigenvalue weighted by molar-refractivity contribution is 5.29. The van der Waals surface area contributed by atoms with Crippen molar-refractivity contribution in [2.75, 3.05) is 20.7 Å². The zero-order valence-electron chi connectivity index (χ0n) is 12.5. The first-order valence-electron chi connectivity index (χ1n) is 7.35. The Bertz CT molecular complexity index is 444. The van der Waals surface area contributed by atoms with Crippen LogP contribution in [0.1, 0.15) is 37.7 Å². The third-order valence-corrected chi connectivity index (χ3v) is 4.64. The molecule has 0 spiro atoms. The normalized spacial score (nSPS) is 18.2. The fourth-order valence-corrected chi connectivity index (χ4v) is 3.16. The molecule has 0 aliphatic heterocycles. The van der Waals surface area contributed by atoms with Crippen LogP contribution in [-0.2, 0) is 6.54 Å². The molecule has 1 aromatic carbocycles. The maximum absolute atomic E-state index is 14.1. The number of nitrogens with zero attached hydrogens (tertiary/aromatic N) is 1. The molecule has 0 saturated heterocycles. The third kappa shape index (κ3) is 3.13. The van der Waals surface area contributed by atoms with E-state index in [4.69, 9.17) is 10.5 Å². The van der Waals surface area contributed by atoms with Gasteiger partial charge in [-0.15, -0.1) is 0 Å². The monoisotopic (exact) mass is 280 g/mol. The number of ether oxygens (including phenoxy) is 1. The number of benzene rings is 1. The highest BCUT2D eigenvalue weighted by atomic mass is 19.1. The van der Waals surface area contributed by atoms with E-state index in [1.807, 2.05) is 6.07 Å². The highest BCUT2D eigenvalue weighted by Crippen LogP contribution is 2.33. The third-order valence-electron chi connectivity index (χ3n) is 4.64. The van der Waals surface area contributed by atoms with E-state index in [9.17, 15) is 4.39 Å². The van der Waals surface area contributed by atoms with Gasteiger partial charge in [-0.3, -0.25) is 4.90 Å². The molecule has 0 amide bonds. The lowest BCUT2D eigenvalue weighted by atomic mass is 9.80. The van der Waals surface area contributed by atoms with E-state index < -0.39 is 0 Å². The molecular weight excluding hydrogens is 255 g/mol. The second-order valence-electron chi connectivity index (χ2n) is 5.80. The van der Waals surface area contributed by atoms with Crippen molar-refractivity contribution in [2.45, 2.75) is 44.2 Å². The van der Waals surface area contributed by atoms with Crippen LogP contribution in [0, 0.1) is 5.82 Å². The second kappa shape index (κ2) is 6.55. The average Bonchev–Trinajstić information content (AvgIpc) is 2.49. The van der Waals surface area contributed by atoms with Gasteiger partial charge in [-0.25, -0.2) is 4.39 Å². The molecule has 0 atom stereocenters. The molecule has 4 heteroatoms. The Morgan fingerprint density at radius 3 is 2.55 bits per heavy atom. The number of nitrogens with two attached hydrogens (primary N) is 1. The summed E-state index contributed by atoms with van der Waals surface area (Å²) < 4.78 is 19.1. The molecule has 112 valence electrons. The number of hydrogen-bond acceptors (Lipinski definition) is 3. The van der Waals surface area contributed by atoms with Crippen molar-refractivity contribution in [1.82, 2.24) is 4.90 Å². The fraction of sp³-hybridized carbons (Fsp3) is 0.625. The van der Waals surface area contributed by atoms with Gasteiger partial charge in [-0.05, 0) is 26.0 Å². The molecule has 1 fully saturated rings. The van der Waals surface area contributed by atoms with Crippen molar-refractivity contribution in [3.63, 3.8) is 0 Å². The van der Waals surface area contributed by atoms with Crippen LogP contribution in [0.15, 0.2) is 18.2 Å². The lowest BCUT2D eigenvalue weighted by molar-refractivity contribution is 0.0748. The number of halogens is 1. The topological polar surface area (TPSA) is 38.5 Å². The number of likely N-dealkylation sites (N-methyl/N-ethyl adjacent to an activating group) is 1. The lowest BCUT2D eigenvalue weighted by Crippen LogP contribution is -2.52. The minimum atomic E-state index is -0.209. The second-order valence-corrected chi connectivity index (χ2v) is 5.80. The molecule has 1 aliphatic rings. The summed E-state index contributed by atoms with van der Waals surface area (Å²) in [4.78, 5) is 2.23. The predicted octanol–water partition coefficient (Wildman–Crippen LogP) is 2.93. The Hall–Kier alpha value is -1.13. The van der Waals surface area contributed by atoms with E-state index in [0.29, 0.717) is 24.4 Å². The largest absolute Gasteiger partial charge is 0.497 e. The molecule has 0 bridgehead atoms. The summed E-state index contributed by atoms with van der Waals surface area (Å²) in [6.07, 6.45) is 5.93. The fourth-order valence-electron chi connectivity index (χ4n) is 3.16. The number of methoxy groups -OCH3 is 1. The summed E-state index contributed by atoms with van der Waals surface area (Å²) in [7, 11) is 3.61. The summed E-state index contributed by atoms with van der Waals surface area (Å²) in [6, 6.07) is 5.05. The highest BCUT2D eigenvalue weighted by Gasteiger charge is 2.34. The van der Waals surface area contributed by atoms with E-state index >= 15 is 0 Å². The van der Waals surface area contributed by atoms with E-state index in [-0.39, 0.29) is 11.4 Å². The van der Waals surface area contributed by atoms with E-state index in [2.05, 4.69) is 11.9 Å². The first kappa shape index (κ1) is 15.3. The van der Waals surface area contributed by atoms with Crippen LogP contribution < -0.4 is 10.5 Å². The smallest absolute Gasteiger partial charge is 0.131 e. The summed E-state index contributed by atoms with van der Waals surface area (Å²) in [5.41, 5.74) is 6.75. The molecule has 0 aromatic heterocycles. The van der Waals surface area contributed by atoms with Gasteiger partial charge < -0.3 is 10.5 Å². The minimum Gasteiger partial charge on any atom is -0.497 e. The molecule has 0 heterocycles. The van der Waals surface area contributed by atoms with Gasteiger partial charge in [0.05, 0.1) is 7.11 Å². The predicted molar refractivity (Wildman–Crippen MR) is 79.3 cm³/mol. The Kier molecular flexibility index (Phi) is 5.00. The molecule has 2 rings (SSSR count). The van der Waals surface area contributed by atoms with Crippen molar-refractivity contribution in [1.29, 1.82) is 0 Å². The van der Waals surface area contributed by atoms with Crippen molar-refractivity contribution < 1.29 is 9.13 Å². The average molecular weight is 280 g/mol. The Morgan fingerprint density at radius 2 is 2.00 bits per heavy atom. The van der Waals surface area contributed by atoms with Crippen molar-refractivity contribution in [2.24, 2.45) is 5.73 Å². The molecule has 2 N–H and O–H groups in total. The van der Waals surface area contributed by atoms with E-state index in [1.165, 1.54) is 25.3 Å². The Labute approximate surface area is 120 Å². The molecule has 0 radical (unpaired) electrons. The van der Waals surface area contributed by atoms with Crippen LogP contribution in [0.2, 0.25) is 0 Å². The van der Waals surface area contributed by atoms with Gasteiger partial charge in [0.1, 0.15) is 11.6 Å². The van der Waals surface area contributed by atoms with Gasteiger partial charge in [0.2, 0.25) is 0 Å². The van der Waals surface area contributed by atoms with Crippen LogP contribution >= 0.6 is 0 Å². The molecule has 1 aromatic rings. The Balaban J connectivity index is 2.11. The van der Waals surface area contributed by atoms with E-state index in [1.54, 1.807) is 13.2 Å². The quantitative estimate of drug-likeness (QED) is 0.901. The van der Waals surface area contributed by atoms with Gasteiger partial charge in [0.25, 0.3) is 0 Å².